The van der Waals surface area contributed by atoms with Gasteiger partial charge in [0.15, 0.2) is 0 Å². The Labute approximate surface area is 117 Å². The third-order valence-electron chi connectivity index (χ3n) is 3.20. The van der Waals surface area contributed by atoms with Crippen LogP contribution in [0.4, 0.5) is 0 Å². The van der Waals surface area contributed by atoms with Gasteiger partial charge >= 0.3 is 0 Å². The number of hydrogen-bond donors (Lipinski definition) is 0. The number of rotatable bonds is 9. The summed E-state index contributed by atoms with van der Waals surface area (Å²) in [5.74, 6) is 1.29. The van der Waals surface area contributed by atoms with Gasteiger partial charge in [0.1, 0.15) is 0 Å². The lowest BCUT2D eigenvalue weighted by Crippen LogP contribution is -2.21. The van der Waals surface area contributed by atoms with E-state index in [1.165, 1.54) is 5.57 Å². The zero-order chi connectivity index (χ0) is 14.0. The molecule has 3 heteroatoms. The Balaban J connectivity index is 4.20. The van der Waals surface area contributed by atoms with E-state index in [2.05, 4.69) is 19.6 Å². The van der Waals surface area contributed by atoms with Gasteiger partial charge in [-0.2, -0.15) is 0 Å². The fraction of sp³-hybridized carbons (Fsp3) is 0.667. The maximum Gasteiger partial charge on any atom is 0.222 e. The van der Waals surface area contributed by atoms with E-state index in [9.17, 15) is 4.79 Å². The minimum Gasteiger partial charge on any atom is -0.349 e. The normalized spacial score (nSPS) is 13.2. The molecule has 0 saturated carbocycles. The van der Waals surface area contributed by atoms with Gasteiger partial charge in [0.25, 0.3) is 0 Å². The van der Waals surface area contributed by atoms with Crippen LogP contribution in [0.1, 0.15) is 39.0 Å². The highest BCUT2D eigenvalue weighted by Crippen LogP contribution is 2.23. The predicted octanol–water partition coefficient (Wildman–Crippen LogP) is 4.01. The molecule has 104 valence electrons. The van der Waals surface area contributed by atoms with Crippen molar-refractivity contribution in [3.8, 4) is 0 Å². The second-order valence-corrected chi connectivity index (χ2v) is 5.15. The van der Waals surface area contributed by atoms with Gasteiger partial charge in [-0.15, -0.1) is 18.2 Å². The fourth-order valence-electron chi connectivity index (χ4n) is 1.93. The molecule has 0 saturated heterocycles. The Morgan fingerprint density at radius 1 is 1.39 bits per heavy atom. The lowest BCUT2D eigenvalue weighted by Gasteiger charge is -2.17. The standard InChI is InChI=1S/C15H26ClNO/c1-5-6-8-14(13(2)11-12-16)9-7-10-15(18)17(3)4/h5,11,14H,1,6-10,12H2,2-4H3/b13-11+. The SMILES string of the molecule is C=CCCC(CCCC(=O)N(C)C)/C(C)=C/CCl. The lowest BCUT2D eigenvalue weighted by molar-refractivity contribution is -0.128. The Bertz CT molecular complexity index is 284. The van der Waals surface area contributed by atoms with Crippen LogP contribution in [0.15, 0.2) is 24.3 Å². The molecule has 0 aliphatic heterocycles. The van der Waals surface area contributed by atoms with Crippen LogP contribution in [0.5, 0.6) is 0 Å². The first-order valence-corrected chi connectivity index (χ1v) is 7.10. The second-order valence-electron chi connectivity index (χ2n) is 4.85. The highest BCUT2D eigenvalue weighted by Gasteiger charge is 2.11. The van der Waals surface area contributed by atoms with E-state index in [0.717, 1.165) is 25.7 Å². The van der Waals surface area contributed by atoms with Gasteiger partial charge in [0.2, 0.25) is 5.91 Å². The molecule has 0 spiro atoms. The fourth-order valence-corrected chi connectivity index (χ4v) is 2.17. The minimum atomic E-state index is 0.205. The highest BCUT2D eigenvalue weighted by atomic mass is 35.5. The Kier molecular flexibility index (Phi) is 9.76. The number of nitrogens with zero attached hydrogens (tertiary/aromatic N) is 1. The summed E-state index contributed by atoms with van der Waals surface area (Å²) in [6.45, 7) is 5.89. The predicted molar refractivity (Wildman–Crippen MR) is 79.9 cm³/mol. The molecule has 0 fully saturated rings. The molecule has 1 amide bonds. The quantitative estimate of drug-likeness (QED) is 0.458. The van der Waals surface area contributed by atoms with E-state index < -0.39 is 0 Å². The minimum absolute atomic E-state index is 0.205. The van der Waals surface area contributed by atoms with Gasteiger partial charge in [-0.25, -0.2) is 0 Å². The molecule has 0 aromatic carbocycles. The number of amides is 1. The van der Waals surface area contributed by atoms with Crippen molar-refractivity contribution in [2.24, 2.45) is 5.92 Å². The summed E-state index contributed by atoms with van der Waals surface area (Å²) in [4.78, 5) is 13.2. The zero-order valence-electron chi connectivity index (χ0n) is 11.9. The smallest absolute Gasteiger partial charge is 0.222 e. The third kappa shape index (κ3) is 7.54. The Hall–Kier alpha value is -0.760. The van der Waals surface area contributed by atoms with Crippen molar-refractivity contribution >= 4 is 17.5 Å². The molecule has 1 atom stereocenters. The van der Waals surface area contributed by atoms with E-state index in [1.54, 1.807) is 19.0 Å². The average molecular weight is 272 g/mol. The molecule has 0 rings (SSSR count). The monoisotopic (exact) mass is 271 g/mol. The third-order valence-corrected chi connectivity index (χ3v) is 3.36. The van der Waals surface area contributed by atoms with Crippen LogP contribution >= 0.6 is 11.6 Å². The number of carbonyl (C=O) groups excluding carboxylic acids is 1. The Morgan fingerprint density at radius 3 is 2.56 bits per heavy atom. The molecule has 0 heterocycles. The van der Waals surface area contributed by atoms with Crippen molar-refractivity contribution in [2.75, 3.05) is 20.0 Å². The van der Waals surface area contributed by atoms with Crippen molar-refractivity contribution in [3.05, 3.63) is 24.3 Å². The molecule has 0 aromatic heterocycles. The Morgan fingerprint density at radius 2 is 2.06 bits per heavy atom. The van der Waals surface area contributed by atoms with E-state index in [0.29, 0.717) is 18.2 Å². The van der Waals surface area contributed by atoms with Crippen LogP contribution in [0.25, 0.3) is 0 Å². The maximum absolute atomic E-state index is 11.5. The molecule has 0 radical (unpaired) electrons. The number of allylic oxidation sites excluding steroid dienone is 3. The van der Waals surface area contributed by atoms with Crippen LogP contribution in [-0.4, -0.2) is 30.8 Å². The molecule has 0 aliphatic carbocycles. The van der Waals surface area contributed by atoms with Gasteiger partial charge in [0, 0.05) is 26.4 Å². The highest BCUT2D eigenvalue weighted by molar-refractivity contribution is 6.18. The van der Waals surface area contributed by atoms with Crippen molar-refractivity contribution in [3.63, 3.8) is 0 Å². The molecular weight excluding hydrogens is 246 g/mol. The molecule has 0 bridgehead atoms. The van der Waals surface area contributed by atoms with Crippen LogP contribution in [0.2, 0.25) is 0 Å². The largest absolute Gasteiger partial charge is 0.349 e. The number of hydrogen-bond acceptors (Lipinski definition) is 1. The molecule has 0 aliphatic rings. The maximum atomic E-state index is 11.5. The number of carbonyl (C=O) groups is 1. The first-order valence-electron chi connectivity index (χ1n) is 6.56. The molecule has 18 heavy (non-hydrogen) atoms. The van der Waals surface area contributed by atoms with Crippen molar-refractivity contribution in [2.45, 2.75) is 39.0 Å². The van der Waals surface area contributed by atoms with Gasteiger partial charge < -0.3 is 4.90 Å². The molecule has 0 aromatic rings. The summed E-state index contributed by atoms with van der Waals surface area (Å²) in [5.41, 5.74) is 1.34. The van der Waals surface area contributed by atoms with Crippen molar-refractivity contribution in [1.82, 2.24) is 4.90 Å². The van der Waals surface area contributed by atoms with Gasteiger partial charge in [-0.05, 0) is 38.5 Å². The molecule has 1 unspecified atom stereocenters. The van der Waals surface area contributed by atoms with Crippen LogP contribution in [0.3, 0.4) is 0 Å². The molecule has 0 N–H and O–H groups in total. The average Bonchev–Trinajstić information content (AvgIpc) is 2.33. The molecule has 2 nitrogen and oxygen atoms in total. The zero-order valence-corrected chi connectivity index (χ0v) is 12.7. The summed E-state index contributed by atoms with van der Waals surface area (Å²) in [5, 5.41) is 0. The summed E-state index contributed by atoms with van der Waals surface area (Å²) in [6.07, 6.45) is 8.75. The van der Waals surface area contributed by atoms with Crippen molar-refractivity contribution in [1.29, 1.82) is 0 Å². The van der Waals surface area contributed by atoms with Gasteiger partial charge in [-0.3, -0.25) is 4.79 Å². The van der Waals surface area contributed by atoms with Crippen LogP contribution in [0, 0.1) is 5.92 Å². The van der Waals surface area contributed by atoms with E-state index in [-0.39, 0.29) is 5.91 Å². The first kappa shape index (κ1) is 17.2. The van der Waals surface area contributed by atoms with E-state index in [1.807, 2.05) is 6.08 Å². The van der Waals surface area contributed by atoms with Crippen molar-refractivity contribution < 1.29 is 4.79 Å². The van der Waals surface area contributed by atoms with E-state index in [4.69, 9.17) is 11.6 Å². The second kappa shape index (κ2) is 10.2. The van der Waals surface area contributed by atoms with Gasteiger partial charge in [0.05, 0.1) is 0 Å². The number of halogens is 1. The first-order chi connectivity index (χ1) is 8.52. The van der Waals surface area contributed by atoms with E-state index >= 15 is 0 Å². The summed E-state index contributed by atoms with van der Waals surface area (Å²) < 4.78 is 0. The van der Waals surface area contributed by atoms with Crippen LogP contribution in [-0.2, 0) is 4.79 Å². The number of alkyl halides is 1. The summed E-state index contributed by atoms with van der Waals surface area (Å²) in [7, 11) is 3.60. The summed E-state index contributed by atoms with van der Waals surface area (Å²) in [6, 6.07) is 0. The van der Waals surface area contributed by atoms with Gasteiger partial charge in [-0.1, -0.05) is 17.7 Å². The molecular formula is C15H26ClNO. The topological polar surface area (TPSA) is 20.3 Å². The summed E-state index contributed by atoms with van der Waals surface area (Å²) >= 11 is 5.74. The van der Waals surface area contributed by atoms with Crippen LogP contribution < -0.4 is 0 Å². The lowest BCUT2D eigenvalue weighted by atomic mass is 9.90.